The molecule has 0 atom stereocenters. The molecule has 0 saturated heterocycles. The fourth-order valence-corrected chi connectivity index (χ4v) is 4.91. The summed E-state index contributed by atoms with van der Waals surface area (Å²) in [6.45, 7) is 5.63. The number of carbonyl (C=O) groups excluding carboxylic acids is 1. The minimum atomic E-state index is -0.291. The van der Waals surface area contributed by atoms with Crippen LogP contribution in [0.2, 0.25) is 0 Å². The van der Waals surface area contributed by atoms with Crippen LogP contribution >= 0.6 is 23.1 Å². The van der Waals surface area contributed by atoms with E-state index in [2.05, 4.69) is 24.8 Å². The second-order valence-corrected chi connectivity index (χ2v) is 9.41. The number of fused-ring (bicyclic) bond motifs is 2. The van der Waals surface area contributed by atoms with E-state index < -0.39 is 0 Å². The molecule has 1 amide bonds. The summed E-state index contributed by atoms with van der Waals surface area (Å²) in [5.74, 6) is 3.74. The molecule has 3 aromatic rings. The molecule has 29 heavy (non-hydrogen) atoms. The molecular formula is C22H20N2O3S2. The number of thioether (sulfide) groups is 1. The van der Waals surface area contributed by atoms with E-state index in [0.29, 0.717) is 46.9 Å². The van der Waals surface area contributed by atoms with Gasteiger partial charge >= 0.3 is 0 Å². The first-order valence-electron chi connectivity index (χ1n) is 9.27. The summed E-state index contributed by atoms with van der Waals surface area (Å²) < 4.78 is 14.1. The first kappa shape index (κ1) is 19.6. The average Bonchev–Trinajstić information content (AvgIpc) is 3.02. The molecule has 0 bridgehead atoms. The lowest BCUT2D eigenvalue weighted by Gasteiger charge is -2.18. The standard InChI is InChI=1S/C22H20N2O3S2/c1-4-9-24-17-12-18-19(27-11-10-26-18)13-20(17)29-22(24)23-21(25)15-5-7-16(8-6-15)28-14(2)3/h1,5-8,12-14H,9-11H2,2-3H3. The van der Waals surface area contributed by atoms with Crippen molar-refractivity contribution in [3.63, 3.8) is 0 Å². The number of hydrogen-bond acceptors (Lipinski definition) is 5. The SMILES string of the molecule is C#CCn1c(=NC(=O)c2ccc(SC(C)C)cc2)sc2cc3c(cc21)OCCO3. The van der Waals surface area contributed by atoms with Crippen LogP contribution in [0.15, 0.2) is 46.3 Å². The van der Waals surface area contributed by atoms with Gasteiger partial charge in [0.15, 0.2) is 16.3 Å². The maximum Gasteiger partial charge on any atom is 0.279 e. The van der Waals surface area contributed by atoms with Gasteiger partial charge < -0.3 is 14.0 Å². The van der Waals surface area contributed by atoms with Crippen molar-refractivity contribution in [2.24, 2.45) is 4.99 Å². The minimum Gasteiger partial charge on any atom is -0.486 e. The van der Waals surface area contributed by atoms with Gasteiger partial charge in [-0.15, -0.1) is 18.2 Å². The highest BCUT2D eigenvalue weighted by atomic mass is 32.2. The zero-order valence-corrected chi connectivity index (χ0v) is 17.8. The molecule has 2 heterocycles. The first-order chi connectivity index (χ1) is 14.0. The topological polar surface area (TPSA) is 52.8 Å². The second kappa shape index (κ2) is 8.36. The second-order valence-electron chi connectivity index (χ2n) is 6.75. The number of nitrogens with zero attached hydrogens (tertiary/aromatic N) is 2. The molecule has 0 spiro atoms. The van der Waals surface area contributed by atoms with Crippen molar-refractivity contribution in [1.29, 1.82) is 0 Å². The van der Waals surface area contributed by atoms with E-state index in [1.54, 1.807) is 11.8 Å². The van der Waals surface area contributed by atoms with Crippen LogP contribution in [-0.2, 0) is 6.54 Å². The smallest absolute Gasteiger partial charge is 0.279 e. The van der Waals surface area contributed by atoms with Crippen molar-refractivity contribution < 1.29 is 14.3 Å². The summed E-state index contributed by atoms with van der Waals surface area (Å²) in [5, 5.41) is 0.487. The number of rotatable bonds is 4. The van der Waals surface area contributed by atoms with Gasteiger partial charge in [0.2, 0.25) is 0 Å². The van der Waals surface area contributed by atoms with Crippen LogP contribution in [0.5, 0.6) is 11.5 Å². The van der Waals surface area contributed by atoms with Gasteiger partial charge in [-0.05, 0) is 24.3 Å². The van der Waals surface area contributed by atoms with Crippen molar-refractivity contribution in [2.75, 3.05) is 13.2 Å². The summed E-state index contributed by atoms with van der Waals surface area (Å²) in [4.78, 5) is 18.8. The van der Waals surface area contributed by atoms with E-state index in [1.165, 1.54) is 11.3 Å². The van der Waals surface area contributed by atoms with Gasteiger partial charge in [0, 0.05) is 27.8 Å². The maximum atomic E-state index is 12.8. The molecule has 5 nitrogen and oxygen atoms in total. The Bertz CT molecular complexity index is 1170. The summed E-state index contributed by atoms with van der Waals surface area (Å²) in [7, 11) is 0. The molecular weight excluding hydrogens is 404 g/mol. The Kier molecular flexibility index (Phi) is 5.65. The molecule has 148 valence electrons. The third-order valence-electron chi connectivity index (χ3n) is 4.27. The molecule has 1 aliphatic heterocycles. The molecule has 4 rings (SSSR count). The largest absolute Gasteiger partial charge is 0.486 e. The number of aromatic nitrogens is 1. The molecule has 1 aromatic heterocycles. The van der Waals surface area contributed by atoms with Crippen LogP contribution in [0.4, 0.5) is 0 Å². The first-order valence-corrected chi connectivity index (χ1v) is 11.0. The van der Waals surface area contributed by atoms with Crippen molar-refractivity contribution >= 4 is 39.2 Å². The van der Waals surface area contributed by atoms with Gasteiger partial charge in [-0.1, -0.05) is 31.1 Å². The van der Waals surface area contributed by atoms with Crippen LogP contribution in [0.3, 0.4) is 0 Å². The molecule has 0 fully saturated rings. The highest BCUT2D eigenvalue weighted by Crippen LogP contribution is 2.35. The van der Waals surface area contributed by atoms with Crippen LogP contribution in [0.1, 0.15) is 24.2 Å². The van der Waals surface area contributed by atoms with Gasteiger partial charge in [-0.25, -0.2) is 0 Å². The third-order valence-corrected chi connectivity index (χ3v) is 6.32. The van der Waals surface area contributed by atoms with Crippen LogP contribution in [0, 0.1) is 12.3 Å². The quantitative estimate of drug-likeness (QED) is 0.462. The Hall–Kier alpha value is -2.69. The zero-order chi connectivity index (χ0) is 20.4. The molecule has 0 saturated carbocycles. The molecule has 0 aliphatic carbocycles. The van der Waals surface area contributed by atoms with Gasteiger partial charge in [-0.2, -0.15) is 4.99 Å². The van der Waals surface area contributed by atoms with E-state index in [4.69, 9.17) is 15.9 Å². The zero-order valence-electron chi connectivity index (χ0n) is 16.2. The van der Waals surface area contributed by atoms with Crippen molar-refractivity contribution in [2.45, 2.75) is 30.5 Å². The number of ether oxygens (including phenoxy) is 2. The molecule has 7 heteroatoms. The maximum absolute atomic E-state index is 12.8. The Morgan fingerprint density at radius 1 is 1.24 bits per heavy atom. The molecule has 1 aliphatic rings. The van der Waals surface area contributed by atoms with Gasteiger partial charge in [0.1, 0.15) is 13.2 Å². The van der Waals surface area contributed by atoms with Crippen molar-refractivity contribution in [3.05, 3.63) is 46.8 Å². The van der Waals surface area contributed by atoms with Crippen LogP contribution in [-0.4, -0.2) is 28.9 Å². The van der Waals surface area contributed by atoms with Crippen molar-refractivity contribution in [3.8, 4) is 23.8 Å². The Balaban J connectivity index is 1.73. The highest BCUT2D eigenvalue weighted by molar-refractivity contribution is 7.99. The number of carbonyl (C=O) groups is 1. The third kappa shape index (κ3) is 4.19. The lowest BCUT2D eigenvalue weighted by Crippen LogP contribution is -2.17. The predicted molar refractivity (Wildman–Crippen MR) is 117 cm³/mol. The summed E-state index contributed by atoms with van der Waals surface area (Å²) in [6.07, 6.45) is 5.56. The Morgan fingerprint density at radius 3 is 2.59 bits per heavy atom. The normalized spacial score (nSPS) is 13.7. The van der Waals surface area contributed by atoms with Gasteiger partial charge in [-0.3, -0.25) is 4.79 Å². The predicted octanol–water partition coefficient (Wildman–Crippen LogP) is 4.35. The van der Waals surface area contributed by atoms with E-state index in [1.807, 2.05) is 41.0 Å². The molecule has 0 unspecified atom stereocenters. The summed E-state index contributed by atoms with van der Waals surface area (Å²) >= 11 is 3.17. The monoisotopic (exact) mass is 424 g/mol. The lowest BCUT2D eigenvalue weighted by molar-refractivity contribution is 0.0998. The summed E-state index contributed by atoms with van der Waals surface area (Å²) in [6, 6.07) is 11.4. The van der Waals surface area contributed by atoms with Crippen LogP contribution in [0.25, 0.3) is 10.2 Å². The molecule has 0 radical (unpaired) electrons. The fraction of sp³-hybridized carbons (Fsp3) is 0.273. The Morgan fingerprint density at radius 2 is 1.93 bits per heavy atom. The van der Waals surface area contributed by atoms with Gasteiger partial charge in [0.05, 0.1) is 16.8 Å². The molecule has 2 aromatic carbocycles. The van der Waals surface area contributed by atoms with E-state index in [9.17, 15) is 4.79 Å². The number of thiazole rings is 1. The minimum absolute atomic E-state index is 0.291. The van der Waals surface area contributed by atoms with E-state index in [-0.39, 0.29) is 5.91 Å². The average molecular weight is 425 g/mol. The number of amides is 1. The Labute approximate surface area is 177 Å². The fourth-order valence-electron chi connectivity index (χ4n) is 3.04. The van der Waals surface area contributed by atoms with Crippen LogP contribution < -0.4 is 14.3 Å². The molecule has 0 N–H and O–H groups in total. The van der Waals surface area contributed by atoms with Crippen molar-refractivity contribution in [1.82, 2.24) is 4.57 Å². The van der Waals surface area contributed by atoms with Gasteiger partial charge in [0.25, 0.3) is 5.91 Å². The number of hydrogen-bond donors (Lipinski definition) is 0. The summed E-state index contributed by atoms with van der Waals surface area (Å²) in [5.41, 5.74) is 1.43. The number of terminal acetylenes is 1. The van der Waals surface area contributed by atoms with E-state index >= 15 is 0 Å². The number of benzene rings is 2. The van der Waals surface area contributed by atoms with E-state index in [0.717, 1.165) is 15.1 Å². The highest BCUT2D eigenvalue weighted by Gasteiger charge is 2.17. The lowest BCUT2D eigenvalue weighted by atomic mass is 10.2.